The van der Waals surface area contributed by atoms with Crippen LogP contribution in [0.2, 0.25) is 0 Å². The fourth-order valence-corrected chi connectivity index (χ4v) is 2.77. The molecule has 7 heteroatoms. The molecule has 1 saturated heterocycles. The fourth-order valence-electron chi connectivity index (χ4n) is 2.77. The second-order valence-electron chi connectivity index (χ2n) is 7.51. The SMILES string of the molecule is CC(C)(C)c1cc(NC(=O)NC[C@H]2CC(=O)N(C3CC3)C2)no1. The van der Waals surface area contributed by atoms with Gasteiger partial charge in [0.1, 0.15) is 5.76 Å². The summed E-state index contributed by atoms with van der Waals surface area (Å²) in [6.45, 7) is 7.28. The molecule has 3 amide bonds. The molecule has 2 aliphatic rings. The van der Waals surface area contributed by atoms with Gasteiger partial charge in [0.25, 0.3) is 0 Å². The average Bonchev–Trinajstić information content (AvgIpc) is 3.06. The lowest BCUT2D eigenvalue weighted by Gasteiger charge is -2.15. The summed E-state index contributed by atoms with van der Waals surface area (Å²) < 4.78 is 5.23. The zero-order valence-corrected chi connectivity index (χ0v) is 13.9. The van der Waals surface area contributed by atoms with E-state index in [1.165, 1.54) is 0 Å². The second-order valence-corrected chi connectivity index (χ2v) is 7.51. The van der Waals surface area contributed by atoms with Crippen LogP contribution >= 0.6 is 0 Å². The summed E-state index contributed by atoms with van der Waals surface area (Å²) in [7, 11) is 0. The number of urea groups is 1. The van der Waals surface area contributed by atoms with Gasteiger partial charge in [-0.25, -0.2) is 4.79 Å². The lowest BCUT2D eigenvalue weighted by Crippen LogP contribution is -2.34. The lowest BCUT2D eigenvalue weighted by atomic mass is 9.93. The molecule has 1 atom stereocenters. The number of hydrogen-bond donors (Lipinski definition) is 2. The van der Waals surface area contributed by atoms with E-state index in [1.807, 2.05) is 25.7 Å². The van der Waals surface area contributed by atoms with Crippen molar-refractivity contribution < 1.29 is 14.1 Å². The van der Waals surface area contributed by atoms with Crippen LogP contribution in [0.4, 0.5) is 10.6 Å². The van der Waals surface area contributed by atoms with Crippen LogP contribution in [0.25, 0.3) is 0 Å². The molecule has 1 aliphatic heterocycles. The van der Waals surface area contributed by atoms with E-state index in [2.05, 4.69) is 15.8 Å². The molecule has 1 saturated carbocycles. The van der Waals surface area contributed by atoms with Crippen LogP contribution in [0, 0.1) is 5.92 Å². The number of likely N-dealkylation sites (tertiary alicyclic amines) is 1. The Morgan fingerprint density at radius 3 is 2.78 bits per heavy atom. The highest BCUT2D eigenvalue weighted by Gasteiger charge is 2.39. The Bertz CT molecular complexity index is 601. The van der Waals surface area contributed by atoms with Crippen LogP contribution in [-0.2, 0) is 10.2 Å². The van der Waals surface area contributed by atoms with Gasteiger partial charge < -0.3 is 14.7 Å². The number of aromatic nitrogens is 1. The number of carbonyl (C=O) groups is 2. The molecule has 0 spiro atoms. The number of nitrogens with one attached hydrogen (secondary N) is 2. The molecule has 0 aromatic carbocycles. The molecular formula is C16H24N4O3. The molecule has 0 unspecified atom stereocenters. The highest BCUT2D eigenvalue weighted by Crippen LogP contribution is 2.32. The van der Waals surface area contributed by atoms with Gasteiger partial charge in [0.05, 0.1) is 0 Å². The third-order valence-corrected chi connectivity index (χ3v) is 4.27. The number of amides is 3. The Labute approximate surface area is 135 Å². The first-order valence-corrected chi connectivity index (χ1v) is 8.14. The van der Waals surface area contributed by atoms with Crippen molar-refractivity contribution in [1.82, 2.24) is 15.4 Å². The maximum absolute atomic E-state index is 11.9. The largest absolute Gasteiger partial charge is 0.359 e. The molecule has 7 nitrogen and oxygen atoms in total. The second kappa shape index (κ2) is 5.86. The zero-order valence-electron chi connectivity index (χ0n) is 13.9. The van der Waals surface area contributed by atoms with Crippen molar-refractivity contribution in [3.63, 3.8) is 0 Å². The number of rotatable bonds is 4. The van der Waals surface area contributed by atoms with Gasteiger partial charge >= 0.3 is 6.03 Å². The standard InChI is InChI=1S/C16H24N4O3/c1-16(2,3)12-7-13(19-23-12)18-15(22)17-8-10-6-14(21)20(9-10)11-4-5-11/h7,10-11H,4-6,8-9H2,1-3H3,(H2,17,18,19,22)/t10-/m1/s1. The number of hydrogen-bond acceptors (Lipinski definition) is 4. The Hall–Kier alpha value is -2.05. The third kappa shape index (κ3) is 3.83. The molecule has 1 aromatic rings. The fraction of sp³-hybridized carbons (Fsp3) is 0.688. The van der Waals surface area contributed by atoms with E-state index in [4.69, 9.17) is 4.52 Å². The predicted octanol–water partition coefficient (Wildman–Crippen LogP) is 2.10. The summed E-state index contributed by atoms with van der Waals surface area (Å²) in [6.07, 6.45) is 2.76. The monoisotopic (exact) mass is 320 g/mol. The Morgan fingerprint density at radius 2 is 2.17 bits per heavy atom. The molecule has 0 radical (unpaired) electrons. The van der Waals surface area contributed by atoms with Crippen molar-refractivity contribution >= 4 is 17.8 Å². The first kappa shape index (κ1) is 15.8. The Morgan fingerprint density at radius 1 is 1.43 bits per heavy atom. The van der Waals surface area contributed by atoms with Crippen LogP contribution in [0.5, 0.6) is 0 Å². The van der Waals surface area contributed by atoms with Crippen molar-refractivity contribution in [2.24, 2.45) is 5.92 Å². The van der Waals surface area contributed by atoms with Gasteiger partial charge in [-0.1, -0.05) is 25.9 Å². The van der Waals surface area contributed by atoms with E-state index in [9.17, 15) is 9.59 Å². The topological polar surface area (TPSA) is 87.5 Å². The van der Waals surface area contributed by atoms with Crippen molar-refractivity contribution in [2.75, 3.05) is 18.4 Å². The van der Waals surface area contributed by atoms with Crippen LogP contribution in [-0.4, -0.2) is 41.1 Å². The quantitative estimate of drug-likeness (QED) is 0.889. The van der Waals surface area contributed by atoms with E-state index < -0.39 is 0 Å². The van der Waals surface area contributed by atoms with Crippen molar-refractivity contribution in [2.45, 2.75) is 51.5 Å². The van der Waals surface area contributed by atoms with Crippen LogP contribution in [0.15, 0.2) is 10.6 Å². The first-order valence-electron chi connectivity index (χ1n) is 8.14. The molecule has 2 fully saturated rings. The number of carbonyl (C=O) groups excluding carboxylic acids is 2. The van der Waals surface area contributed by atoms with E-state index in [0.29, 0.717) is 30.6 Å². The molecule has 1 aromatic heterocycles. The molecule has 0 bridgehead atoms. The normalized spacial score (nSPS) is 21.6. The Kier molecular flexibility index (Phi) is 4.04. The highest BCUT2D eigenvalue weighted by atomic mass is 16.5. The molecule has 126 valence electrons. The molecule has 23 heavy (non-hydrogen) atoms. The third-order valence-electron chi connectivity index (χ3n) is 4.27. The van der Waals surface area contributed by atoms with Gasteiger partial charge in [-0.15, -0.1) is 0 Å². The summed E-state index contributed by atoms with van der Waals surface area (Å²) in [5.74, 6) is 1.52. The van der Waals surface area contributed by atoms with Gasteiger partial charge in [0, 0.05) is 43.0 Å². The van der Waals surface area contributed by atoms with Gasteiger partial charge in [-0.2, -0.15) is 0 Å². The average molecular weight is 320 g/mol. The zero-order chi connectivity index (χ0) is 16.6. The van der Waals surface area contributed by atoms with Gasteiger partial charge in [0.2, 0.25) is 5.91 Å². The van der Waals surface area contributed by atoms with Crippen molar-refractivity contribution in [1.29, 1.82) is 0 Å². The smallest absolute Gasteiger partial charge is 0.320 e. The lowest BCUT2D eigenvalue weighted by molar-refractivity contribution is -0.128. The molecule has 2 N–H and O–H groups in total. The predicted molar refractivity (Wildman–Crippen MR) is 85.1 cm³/mol. The summed E-state index contributed by atoms with van der Waals surface area (Å²) in [4.78, 5) is 25.8. The minimum atomic E-state index is -0.323. The van der Waals surface area contributed by atoms with E-state index in [-0.39, 0.29) is 23.3 Å². The van der Waals surface area contributed by atoms with Crippen LogP contribution in [0.1, 0.15) is 45.8 Å². The van der Waals surface area contributed by atoms with Crippen molar-refractivity contribution in [3.8, 4) is 0 Å². The molecular weight excluding hydrogens is 296 g/mol. The minimum absolute atomic E-state index is 0.153. The van der Waals surface area contributed by atoms with E-state index in [1.54, 1.807) is 6.07 Å². The van der Waals surface area contributed by atoms with Gasteiger partial charge in [-0.05, 0) is 12.8 Å². The number of nitrogens with zero attached hydrogens (tertiary/aromatic N) is 2. The molecule has 3 rings (SSSR count). The Balaban J connectivity index is 1.45. The van der Waals surface area contributed by atoms with E-state index in [0.717, 1.165) is 19.4 Å². The van der Waals surface area contributed by atoms with Crippen LogP contribution in [0.3, 0.4) is 0 Å². The van der Waals surface area contributed by atoms with Crippen molar-refractivity contribution in [3.05, 3.63) is 11.8 Å². The van der Waals surface area contributed by atoms with E-state index >= 15 is 0 Å². The number of anilines is 1. The van der Waals surface area contributed by atoms with Gasteiger partial charge in [-0.3, -0.25) is 10.1 Å². The summed E-state index contributed by atoms with van der Waals surface area (Å²) >= 11 is 0. The molecule has 2 heterocycles. The minimum Gasteiger partial charge on any atom is -0.359 e. The summed E-state index contributed by atoms with van der Waals surface area (Å²) in [5, 5.41) is 9.32. The maximum atomic E-state index is 11.9. The summed E-state index contributed by atoms with van der Waals surface area (Å²) in [6, 6.07) is 1.86. The summed E-state index contributed by atoms with van der Waals surface area (Å²) in [5.41, 5.74) is -0.153. The van der Waals surface area contributed by atoms with Gasteiger partial charge in [0.15, 0.2) is 5.82 Å². The van der Waals surface area contributed by atoms with Crippen LogP contribution < -0.4 is 10.6 Å². The highest BCUT2D eigenvalue weighted by molar-refractivity contribution is 5.88. The first-order chi connectivity index (χ1) is 10.8. The molecule has 1 aliphatic carbocycles. The maximum Gasteiger partial charge on any atom is 0.320 e.